The summed E-state index contributed by atoms with van der Waals surface area (Å²) in [7, 11) is 0. The predicted molar refractivity (Wildman–Crippen MR) is 91.4 cm³/mol. The highest BCUT2D eigenvalue weighted by Crippen LogP contribution is 2.31. The van der Waals surface area contributed by atoms with Gasteiger partial charge in [-0.25, -0.2) is 0 Å². The Morgan fingerprint density at radius 1 is 1.16 bits per heavy atom. The molecule has 0 spiro atoms. The molecule has 0 radical (unpaired) electrons. The Hall–Kier alpha value is -3.02. The Bertz CT molecular complexity index is 732. The first-order chi connectivity index (χ1) is 12.0. The van der Waals surface area contributed by atoms with Crippen molar-refractivity contribution in [3.8, 4) is 0 Å². The average Bonchev–Trinajstić information content (AvgIpc) is 2.65. The minimum Gasteiger partial charge on any atom is -0.460 e. The van der Waals surface area contributed by atoms with E-state index in [4.69, 9.17) is 4.74 Å². The van der Waals surface area contributed by atoms with Gasteiger partial charge in [0.1, 0.15) is 18.8 Å². The number of rotatable bonds is 8. The molecular weight excluding hydrogens is 322 g/mol. The van der Waals surface area contributed by atoms with Gasteiger partial charge in [0, 0.05) is 4.92 Å². The lowest BCUT2D eigenvalue weighted by Gasteiger charge is -2.29. The van der Waals surface area contributed by atoms with Crippen molar-refractivity contribution in [3.05, 3.63) is 81.9 Å². The first kappa shape index (κ1) is 18.3. The van der Waals surface area contributed by atoms with Gasteiger partial charge in [-0.15, -0.1) is 0 Å². The zero-order valence-corrected chi connectivity index (χ0v) is 13.8. The maximum absolute atomic E-state index is 12.5. The summed E-state index contributed by atoms with van der Waals surface area (Å²) in [6.45, 7) is 0.836. The molecule has 0 aliphatic carbocycles. The highest BCUT2D eigenvalue weighted by Gasteiger charge is 2.45. The van der Waals surface area contributed by atoms with Crippen LogP contribution in [0.25, 0.3) is 0 Å². The van der Waals surface area contributed by atoms with Crippen LogP contribution in [0, 0.1) is 16.0 Å². The van der Waals surface area contributed by atoms with E-state index in [1.54, 1.807) is 54.6 Å². The molecule has 130 valence electrons. The minimum absolute atomic E-state index is 0.00237. The van der Waals surface area contributed by atoms with Crippen molar-refractivity contribution in [1.82, 2.24) is 0 Å². The van der Waals surface area contributed by atoms with Gasteiger partial charge >= 0.3 is 5.97 Å². The van der Waals surface area contributed by atoms with Crippen molar-refractivity contribution in [2.45, 2.75) is 18.9 Å². The molecule has 6 nitrogen and oxygen atoms in total. The van der Waals surface area contributed by atoms with Gasteiger partial charge in [-0.2, -0.15) is 0 Å². The topological polar surface area (TPSA) is 86.5 Å². The second-order valence-electron chi connectivity index (χ2n) is 5.93. The number of carbonyl (C=O) groups excluding carboxylic acids is 2. The number of hydrogen-bond donors (Lipinski definition) is 0. The molecule has 0 unspecified atom stereocenters. The van der Waals surface area contributed by atoms with Gasteiger partial charge in [-0.1, -0.05) is 60.7 Å². The number of esters is 1. The number of nitrogens with zero attached hydrogens (tertiary/aromatic N) is 1. The highest BCUT2D eigenvalue weighted by molar-refractivity contribution is 5.83. The third-order valence-corrected chi connectivity index (χ3v) is 4.20. The van der Waals surface area contributed by atoms with E-state index in [0.717, 1.165) is 5.56 Å². The number of carbonyl (C=O) groups is 2. The summed E-state index contributed by atoms with van der Waals surface area (Å²) in [5.41, 5.74) is -0.0426. The Labute approximate surface area is 145 Å². The lowest BCUT2D eigenvalue weighted by molar-refractivity contribution is -0.487. The van der Waals surface area contributed by atoms with E-state index < -0.39 is 28.8 Å². The highest BCUT2D eigenvalue weighted by atomic mass is 16.6. The fourth-order valence-corrected chi connectivity index (χ4v) is 2.64. The molecule has 2 aromatic carbocycles. The number of ether oxygens (including phenoxy) is 1. The van der Waals surface area contributed by atoms with Crippen LogP contribution in [0.5, 0.6) is 0 Å². The standard InChI is InChI=1S/C19H19NO5/c1-19(14-21,16-10-6-3-7-11-16)17(12-20(23)24)18(22)25-13-15-8-4-2-5-9-15/h2-11,14,17H,12-13H2,1H3/t17-,19-/m0/s1. The summed E-state index contributed by atoms with van der Waals surface area (Å²) < 4.78 is 5.26. The summed E-state index contributed by atoms with van der Waals surface area (Å²) in [5.74, 6) is -1.98. The van der Waals surface area contributed by atoms with Crippen LogP contribution < -0.4 is 0 Å². The molecule has 0 aliphatic rings. The molecular formula is C19H19NO5. The zero-order valence-electron chi connectivity index (χ0n) is 13.8. The molecule has 2 rings (SSSR count). The second kappa shape index (κ2) is 8.19. The van der Waals surface area contributed by atoms with Crippen LogP contribution in [0.3, 0.4) is 0 Å². The van der Waals surface area contributed by atoms with E-state index in [1.165, 1.54) is 6.92 Å². The maximum atomic E-state index is 12.5. The average molecular weight is 341 g/mol. The van der Waals surface area contributed by atoms with E-state index in [-0.39, 0.29) is 6.61 Å². The van der Waals surface area contributed by atoms with Gasteiger partial charge in [0.25, 0.3) is 0 Å². The summed E-state index contributed by atoms with van der Waals surface area (Å²) in [6, 6.07) is 17.6. The van der Waals surface area contributed by atoms with E-state index in [0.29, 0.717) is 11.8 Å². The Kier molecular flexibility index (Phi) is 6.00. The SMILES string of the molecule is C[C@](C=O)(c1ccccc1)[C@@H](C[N+](=O)[O-])C(=O)OCc1ccccc1. The molecule has 0 saturated heterocycles. The van der Waals surface area contributed by atoms with Crippen LogP contribution in [-0.2, 0) is 26.3 Å². The molecule has 0 amide bonds. The van der Waals surface area contributed by atoms with E-state index in [1.807, 2.05) is 6.07 Å². The molecule has 0 saturated carbocycles. The summed E-state index contributed by atoms with van der Waals surface area (Å²) in [6.07, 6.45) is 0.584. The molecule has 2 atom stereocenters. The smallest absolute Gasteiger partial charge is 0.317 e. The molecule has 0 bridgehead atoms. The van der Waals surface area contributed by atoms with Gasteiger partial charge in [0.05, 0.1) is 5.41 Å². The first-order valence-corrected chi connectivity index (χ1v) is 7.81. The largest absolute Gasteiger partial charge is 0.460 e. The monoisotopic (exact) mass is 341 g/mol. The van der Waals surface area contributed by atoms with Crippen LogP contribution in [0.2, 0.25) is 0 Å². The molecule has 6 heteroatoms. The number of aldehydes is 1. The van der Waals surface area contributed by atoms with Gasteiger partial charge < -0.3 is 9.53 Å². The molecule has 2 aromatic rings. The molecule has 0 fully saturated rings. The van der Waals surface area contributed by atoms with Crippen LogP contribution in [-0.4, -0.2) is 23.7 Å². The maximum Gasteiger partial charge on any atom is 0.317 e. The minimum atomic E-state index is -1.35. The van der Waals surface area contributed by atoms with E-state index in [9.17, 15) is 19.7 Å². The number of benzene rings is 2. The molecule has 0 N–H and O–H groups in total. The normalized spacial score (nSPS) is 14.1. The van der Waals surface area contributed by atoms with Gasteiger partial charge in [0.15, 0.2) is 0 Å². The van der Waals surface area contributed by atoms with Crippen molar-refractivity contribution in [2.24, 2.45) is 5.92 Å². The van der Waals surface area contributed by atoms with Crippen LogP contribution in [0.1, 0.15) is 18.1 Å². The first-order valence-electron chi connectivity index (χ1n) is 7.81. The number of nitro groups is 1. The molecule has 0 aliphatic heterocycles. The van der Waals surface area contributed by atoms with Crippen molar-refractivity contribution >= 4 is 12.3 Å². The van der Waals surface area contributed by atoms with Crippen molar-refractivity contribution < 1.29 is 19.2 Å². The second-order valence-corrected chi connectivity index (χ2v) is 5.93. The van der Waals surface area contributed by atoms with E-state index in [2.05, 4.69) is 0 Å². The fourth-order valence-electron chi connectivity index (χ4n) is 2.64. The van der Waals surface area contributed by atoms with Crippen molar-refractivity contribution in [1.29, 1.82) is 0 Å². The van der Waals surface area contributed by atoms with Crippen LogP contribution in [0.4, 0.5) is 0 Å². The van der Waals surface area contributed by atoms with Crippen molar-refractivity contribution in [3.63, 3.8) is 0 Å². The van der Waals surface area contributed by atoms with Crippen molar-refractivity contribution in [2.75, 3.05) is 6.54 Å². The van der Waals surface area contributed by atoms with Crippen LogP contribution >= 0.6 is 0 Å². The third kappa shape index (κ3) is 4.50. The molecule has 0 heterocycles. The van der Waals surface area contributed by atoms with Gasteiger partial charge in [-0.05, 0) is 18.1 Å². The van der Waals surface area contributed by atoms with E-state index >= 15 is 0 Å². The Morgan fingerprint density at radius 2 is 1.72 bits per heavy atom. The third-order valence-electron chi connectivity index (χ3n) is 4.20. The van der Waals surface area contributed by atoms with Gasteiger partial charge in [-0.3, -0.25) is 14.9 Å². The molecule has 0 aromatic heterocycles. The summed E-state index contributed by atoms with van der Waals surface area (Å²) in [5, 5.41) is 11.1. The Morgan fingerprint density at radius 3 is 2.24 bits per heavy atom. The van der Waals surface area contributed by atoms with Crippen LogP contribution in [0.15, 0.2) is 60.7 Å². The number of hydrogen-bond acceptors (Lipinski definition) is 5. The fraction of sp³-hybridized carbons (Fsp3) is 0.263. The summed E-state index contributed by atoms with van der Waals surface area (Å²) in [4.78, 5) is 34.8. The predicted octanol–water partition coefficient (Wildman–Crippen LogP) is 2.78. The lowest BCUT2D eigenvalue weighted by atomic mass is 9.72. The zero-order chi connectivity index (χ0) is 18.3. The van der Waals surface area contributed by atoms with Gasteiger partial charge in [0.2, 0.25) is 6.54 Å². The summed E-state index contributed by atoms with van der Waals surface area (Å²) >= 11 is 0. The Balaban J connectivity index is 2.26. The lowest BCUT2D eigenvalue weighted by Crippen LogP contribution is -2.43. The molecule has 25 heavy (non-hydrogen) atoms. The quantitative estimate of drug-likeness (QED) is 0.319.